The molecule has 2 rings (SSSR count). The molecular formula is C15H21F2NS. The molecule has 4 heteroatoms. The maximum Gasteiger partial charge on any atom is 0.263 e. The van der Waals surface area contributed by atoms with Crippen molar-refractivity contribution < 1.29 is 8.78 Å². The van der Waals surface area contributed by atoms with Crippen molar-refractivity contribution in [3.05, 3.63) is 35.4 Å². The van der Waals surface area contributed by atoms with E-state index in [-0.39, 0.29) is 5.56 Å². The molecular weight excluding hydrogens is 264 g/mol. The summed E-state index contributed by atoms with van der Waals surface area (Å²) in [7, 11) is 0. The molecule has 1 aromatic carbocycles. The molecule has 1 nitrogen and oxygen atoms in total. The van der Waals surface area contributed by atoms with Crippen molar-refractivity contribution in [2.45, 2.75) is 50.4 Å². The molecule has 0 spiro atoms. The van der Waals surface area contributed by atoms with Crippen LogP contribution in [0.1, 0.15) is 43.7 Å². The summed E-state index contributed by atoms with van der Waals surface area (Å²) in [6.07, 6.45) is 1.38. The molecule has 0 aromatic heterocycles. The highest BCUT2D eigenvalue weighted by Crippen LogP contribution is 2.29. The zero-order chi connectivity index (χ0) is 13.7. The van der Waals surface area contributed by atoms with E-state index in [2.05, 4.69) is 12.2 Å². The molecule has 19 heavy (non-hydrogen) atoms. The van der Waals surface area contributed by atoms with Crippen molar-refractivity contribution in [2.24, 2.45) is 0 Å². The SMILES string of the molecule is CCSC1CCC(NCc2ccc(C(F)F)cc2)C1. The zero-order valence-electron chi connectivity index (χ0n) is 11.2. The lowest BCUT2D eigenvalue weighted by molar-refractivity contribution is 0.151. The molecule has 1 N–H and O–H groups in total. The highest BCUT2D eigenvalue weighted by molar-refractivity contribution is 7.99. The molecule has 1 aliphatic rings. The fourth-order valence-electron chi connectivity index (χ4n) is 2.56. The van der Waals surface area contributed by atoms with Crippen LogP contribution >= 0.6 is 11.8 Å². The molecule has 1 fully saturated rings. The van der Waals surface area contributed by atoms with E-state index in [1.54, 1.807) is 12.1 Å². The van der Waals surface area contributed by atoms with Crippen molar-refractivity contribution in [3.8, 4) is 0 Å². The van der Waals surface area contributed by atoms with Gasteiger partial charge in [-0.25, -0.2) is 8.78 Å². The van der Waals surface area contributed by atoms with Gasteiger partial charge in [0.15, 0.2) is 0 Å². The van der Waals surface area contributed by atoms with Crippen LogP contribution < -0.4 is 5.32 Å². The van der Waals surface area contributed by atoms with E-state index in [1.807, 2.05) is 11.8 Å². The topological polar surface area (TPSA) is 12.0 Å². The Bertz CT molecular complexity index is 380. The molecule has 1 saturated carbocycles. The number of hydrogen-bond donors (Lipinski definition) is 1. The highest BCUT2D eigenvalue weighted by Gasteiger charge is 2.23. The predicted octanol–water partition coefficient (Wildman–Crippen LogP) is 4.39. The maximum absolute atomic E-state index is 12.4. The van der Waals surface area contributed by atoms with Gasteiger partial charge < -0.3 is 5.32 Å². The fourth-order valence-corrected chi connectivity index (χ4v) is 3.70. The minimum atomic E-state index is -2.37. The Balaban J connectivity index is 1.76. The maximum atomic E-state index is 12.4. The molecule has 1 aliphatic carbocycles. The molecule has 0 bridgehead atoms. The zero-order valence-corrected chi connectivity index (χ0v) is 12.1. The Morgan fingerprint density at radius 1 is 1.26 bits per heavy atom. The Morgan fingerprint density at radius 2 is 2.00 bits per heavy atom. The van der Waals surface area contributed by atoms with Gasteiger partial charge >= 0.3 is 0 Å². The summed E-state index contributed by atoms with van der Waals surface area (Å²) in [5.74, 6) is 1.19. The number of alkyl halides is 2. The number of hydrogen-bond acceptors (Lipinski definition) is 2. The monoisotopic (exact) mass is 285 g/mol. The average molecular weight is 285 g/mol. The van der Waals surface area contributed by atoms with Gasteiger partial charge in [0.25, 0.3) is 6.43 Å². The van der Waals surface area contributed by atoms with Gasteiger partial charge in [0.2, 0.25) is 0 Å². The third kappa shape index (κ3) is 4.46. The molecule has 0 aliphatic heterocycles. The largest absolute Gasteiger partial charge is 0.310 e. The molecule has 0 heterocycles. The van der Waals surface area contributed by atoms with Crippen LogP contribution in [0.2, 0.25) is 0 Å². The quantitative estimate of drug-likeness (QED) is 0.832. The average Bonchev–Trinajstić information content (AvgIpc) is 2.85. The second-order valence-electron chi connectivity index (χ2n) is 5.01. The van der Waals surface area contributed by atoms with E-state index in [0.717, 1.165) is 17.4 Å². The minimum Gasteiger partial charge on any atom is -0.310 e. The van der Waals surface area contributed by atoms with Gasteiger partial charge in [-0.15, -0.1) is 0 Å². The molecule has 2 unspecified atom stereocenters. The Labute approximate surface area is 118 Å². The molecule has 106 valence electrons. The highest BCUT2D eigenvalue weighted by atomic mass is 32.2. The van der Waals surface area contributed by atoms with E-state index in [9.17, 15) is 8.78 Å². The van der Waals surface area contributed by atoms with Crippen molar-refractivity contribution in [1.82, 2.24) is 5.32 Å². The summed E-state index contributed by atoms with van der Waals surface area (Å²) in [6.45, 7) is 2.98. The first-order valence-corrected chi connectivity index (χ1v) is 7.96. The third-order valence-electron chi connectivity index (χ3n) is 3.61. The van der Waals surface area contributed by atoms with Gasteiger partial charge in [-0.2, -0.15) is 11.8 Å². The van der Waals surface area contributed by atoms with Gasteiger partial charge in [0.1, 0.15) is 0 Å². The summed E-state index contributed by atoms with van der Waals surface area (Å²) in [5.41, 5.74) is 1.18. The van der Waals surface area contributed by atoms with Crippen LogP contribution in [0.4, 0.5) is 8.78 Å². The smallest absolute Gasteiger partial charge is 0.263 e. The van der Waals surface area contributed by atoms with Gasteiger partial charge in [-0.1, -0.05) is 31.2 Å². The van der Waals surface area contributed by atoms with E-state index in [0.29, 0.717) is 6.04 Å². The van der Waals surface area contributed by atoms with Crippen LogP contribution in [0.25, 0.3) is 0 Å². The van der Waals surface area contributed by atoms with E-state index in [1.165, 1.54) is 37.1 Å². The first kappa shape index (κ1) is 14.8. The molecule has 1 aromatic rings. The van der Waals surface area contributed by atoms with Crippen LogP contribution in [0.5, 0.6) is 0 Å². The van der Waals surface area contributed by atoms with Gasteiger partial charge in [-0.05, 0) is 30.6 Å². The lowest BCUT2D eigenvalue weighted by Gasteiger charge is -2.13. The second-order valence-corrected chi connectivity index (χ2v) is 6.59. The normalized spacial score (nSPS) is 23.2. The summed E-state index contributed by atoms with van der Waals surface area (Å²) in [5, 5.41) is 4.33. The summed E-state index contributed by atoms with van der Waals surface area (Å²) in [6, 6.07) is 7.21. The molecule has 2 atom stereocenters. The number of benzene rings is 1. The fraction of sp³-hybridized carbons (Fsp3) is 0.600. The van der Waals surface area contributed by atoms with Crippen LogP contribution in [-0.2, 0) is 6.54 Å². The lowest BCUT2D eigenvalue weighted by atomic mass is 10.1. The number of thioether (sulfide) groups is 1. The standard InChI is InChI=1S/C15H21F2NS/c1-2-19-14-8-7-13(9-14)18-10-11-3-5-12(6-4-11)15(16)17/h3-6,13-15,18H,2,7-10H2,1H3. The first-order valence-electron chi connectivity index (χ1n) is 6.91. The van der Waals surface area contributed by atoms with Crippen molar-refractivity contribution in [3.63, 3.8) is 0 Å². The van der Waals surface area contributed by atoms with Crippen molar-refractivity contribution >= 4 is 11.8 Å². The first-order chi connectivity index (χ1) is 9.19. The van der Waals surface area contributed by atoms with E-state index in [4.69, 9.17) is 0 Å². The lowest BCUT2D eigenvalue weighted by Crippen LogP contribution is -2.26. The Kier molecular flexibility index (Phi) is 5.64. The summed E-state index contributed by atoms with van der Waals surface area (Å²) in [4.78, 5) is 0. The Morgan fingerprint density at radius 3 is 2.63 bits per heavy atom. The van der Waals surface area contributed by atoms with Gasteiger partial charge in [0.05, 0.1) is 0 Å². The number of nitrogens with one attached hydrogen (secondary N) is 1. The van der Waals surface area contributed by atoms with Crippen molar-refractivity contribution in [1.29, 1.82) is 0 Å². The third-order valence-corrected chi connectivity index (χ3v) is 4.85. The number of halogens is 2. The van der Waals surface area contributed by atoms with Gasteiger partial charge in [0, 0.05) is 23.4 Å². The number of rotatable bonds is 6. The second kappa shape index (κ2) is 7.25. The van der Waals surface area contributed by atoms with Crippen LogP contribution in [-0.4, -0.2) is 17.0 Å². The van der Waals surface area contributed by atoms with Crippen LogP contribution in [0.3, 0.4) is 0 Å². The van der Waals surface area contributed by atoms with Gasteiger partial charge in [-0.3, -0.25) is 0 Å². The van der Waals surface area contributed by atoms with Crippen LogP contribution in [0, 0.1) is 0 Å². The van der Waals surface area contributed by atoms with E-state index >= 15 is 0 Å². The predicted molar refractivity (Wildman–Crippen MR) is 77.8 cm³/mol. The Hall–Kier alpha value is -0.610. The molecule has 0 amide bonds. The van der Waals surface area contributed by atoms with Crippen LogP contribution in [0.15, 0.2) is 24.3 Å². The van der Waals surface area contributed by atoms with Crippen molar-refractivity contribution in [2.75, 3.05) is 5.75 Å². The molecule has 0 radical (unpaired) electrons. The summed E-state index contributed by atoms with van der Waals surface area (Å²) >= 11 is 2.05. The van der Waals surface area contributed by atoms with E-state index < -0.39 is 6.43 Å². The molecule has 0 saturated heterocycles. The minimum absolute atomic E-state index is 0.101. The summed E-state index contributed by atoms with van der Waals surface area (Å²) < 4.78 is 24.9.